The fourth-order valence-corrected chi connectivity index (χ4v) is 3.36. The molecule has 2 aromatic heterocycles. The molecule has 1 N–H and O–H groups in total. The van der Waals surface area contributed by atoms with Crippen LogP contribution in [0.3, 0.4) is 0 Å². The molecule has 0 radical (unpaired) electrons. The maximum absolute atomic E-state index is 4.58. The summed E-state index contributed by atoms with van der Waals surface area (Å²) in [6.45, 7) is 6.53. The van der Waals surface area contributed by atoms with Crippen LogP contribution in [-0.2, 0) is 0 Å². The monoisotopic (exact) mass is 348 g/mol. The Labute approximate surface area is 134 Å². The minimum atomic E-state index is 0.720. The minimum Gasteiger partial charge on any atom is -0.369 e. The molecule has 1 atom stereocenters. The average Bonchev–Trinajstić information content (AvgIpc) is 2.52. The van der Waals surface area contributed by atoms with Crippen molar-refractivity contribution >= 4 is 32.7 Å². The summed E-state index contributed by atoms with van der Waals surface area (Å²) in [5.41, 5.74) is 3.18. The van der Waals surface area contributed by atoms with Crippen molar-refractivity contribution in [3.05, 3.63) is 29.0 Å². The summed E-state index contributed by atoms with van der Waals surface area (Å²) in [6.07, 6.45) is 6.30. The van der Waals surface area contributed by atoms with E-state index in [-0.39, 0.29) is 0 Å². The number of nitrogens with zero attached hydrogens (tertiary/aromatic N) is 3. The van der Waals surface area contributed by atoms with E-state index < -0.39 is 0 Å². The summed E-state index contributed by atoms with van der Waals surface area (Å²) in [5.74, 6) is 0.720. The van der Waals surface area contributed by atoms with Gasteiger partial charge in [0.1, 0.15) is 5.52 Å². The molecule has 0 aliphatic carbocycles. The molecule has 1 unspecified atom stereocenters. The molecule has 1 aliphatic rings. The molecule has 1 aliphatic heterocycles. The van der Waals surface area contributed by atoms with Gasteiger partial charge in [-0.25, -0.2) is 0 Å². The van der Waals surface area contributed by atoms with Crippen LogP contribution in [0.15, 0.2) is 29.0 Å². The molecule has 0 bridgehead atoms. The lowest BCUT2D eigenvalue weighted by molar-refractivity contribution is 0.396. The van der Waals surface area contributed by atoms with Crippen LogP contribution < -0.4 is 10.2 Å². The summed E-state index contributed by atoms with van der Waals surface area (Å²) < 4.78 is 0.975. The summed E-state index contributed by atoms with van der Waals surface area (Å²) in [5, 5.41) is 3.47. The highest BCUT2D eigenvalue weighted by Crippen LogP contribution is 2.29. The van der Waals surface area contributed by atoms with Gasteiger partial charge in [-0.3, -0.25) is 9.97 Å². The van der Waals surface area contributed by atoms with Gasteiger partial charge in [-0.15, -0.1) is 0 Å². The maximum Gasteiger partial charge on any atom is 0.112 e. The fourth-order valence-electron chi connectivity index (χ4n) is 3.05. The van der Waals surface area contributed by atoms with E-state index in [9.17, 15) is 0 Å². The van der Waals surface area contributed by atoms with E-state index in [1.54, 1.807) is 0 Å². The molecule has 4 nitrogen and oxygen atoms in total. The molecule has 0 aromatic carbocycles. The summed E-state index contributed by atoms with van der Waals surface area (Å²) in [7, 11) is 0. The quantitative estimate of drug-likeness (QED) is 0.920. The van der Waals surface area contributed by atoms with Crippen molar-refractivity contribution in [3.8, 4) is 0 Å². The first-order chi connectivity index (χ1) is 10.3. The number of hydrogen-bond acceptors (Lipinski definition) is 4. The zero-order chi connectivity index (χ0) is 14.7. The van der Waals surface area contributed by atoms with Crippen LogP contribution >= 0.6 is 15.9 Å². The Hall–Kier alpha value is -1.20. The van der Waals surface area contributed by atoms with E-state index in [0.29, 0.717) is 0 Å². The number of rotatable bonds is 4. The van der Waals surface area contributed by atoms with E-state index in [1.165, 1.54) is 18.5 Å². The molecule has 1 fully saturated rings. The molecular weight excluding hydrogens is 328 g/mol. The highest BCUT2D eigenvalue weighted by atomic mass is 79.9. The molecule has 112 valence electrons. The van der Waals surface area contributed by atoms with Gasteiger partial charge in [0.05, 0.1) is 11.2 Å². The van der Waals surface area contributed by atoms with Crippen LogP contribution in [0.25, 0.3) is 11.0 Å². The maximum atomic E-state index is 4.58. The number of piperidine rings is 1. The van der Waals surface area contributed by atoms with Crippen molar-refractivity contribution in [2.45, 2.75) is 19.8 Å². The Kier molecular flexibility index (Phi) is 4.70. The number of pyridine rings is 2. The topological polar surface area (TPSA) is 41.0 Å². The molecule has 0 amide bonds. The number of hydrogen-bond donors (Lipinski definition) is 1. The Morgan fingerprint density at radius 2 is 2.33 bits per heavy atom. The molecule has 5 heteroatoms. The van der Waals surface area contributed by atoms with Crippen LogP contribution in [0.1, 0.15) is 19.8 Å². The summed E-state index contributed by atoms with van der Waals surface area (Å²) >= 11 is 3.47. The largest absolute Gasteiger partial charge is 0.369 e. The zero-order valence-electron chi connectivity index (χ0n) is 12.3. The van der Waals surface area contributed by atoms with Crippen LogP contribution in [0.5, 0.6) is 0 Å². The lowest BCUT2D eigenvalue weighted by Gasteiger charge is -2.34. The van der Waals surface area contributed by atoms with Gasteiger partial charge >= 0.3 is 0 Å². The Bertz CT molecular complexity index is 616. The van der Waals surface area contributed by atoms with Gasteiger partial charge in [0.25, 0.3) is 0 Å². The van der Waals surface area contributed by atoms with Gasteiger partial charge < -0.3 is 10.2 Å². The normalized spacial score (nSPS) is 19.1. The van der Waals surface area contributed by atoms with Gasteiger partial charge in [0.15, 0.2) is 0 Å². The Morgan fingerprint density at radius 3 is 3.19 bits per heavy atom. The van der Waals surface area contributed by atoms with Crippen molar-refractivity contribution < 1.29 is 0 Å². The third kappa shape index (κ3) is 3.35. The van der Waals surface area contributed by atoms with Crippen LogP contribution in [0.2, 0.25) is 0 Å². The SMILES string of the molecule is CCNCC1CCCN(c2ccnc3cc(Br)cnc23)C1. The highest BCUT2D eigenvalue weighted by molar-refractivity contribution is 9.10. The number of halogens is 1. The fraction of sp³-hybridized carbons (Fsp3) is 0.500. The highest BCUT2D eigenvalue weighted by Gasteiger charge is 2.21. The number of fused-ring (bicyclic) bond motifs is 1. The second-order valence-corrected chi connectivity index (χ2v) is 6.53. The zero-order valence-corrected chi connectivity index (χ0v) is 13.9. The molecule has 3 rings (SSSR count). The standard InChI is InChI=1S/C16H21BrN4/c1-2-18-9-12-4-3-7-21(11-12)15-5-6-19-14-8-13(17)10-20-16(14)15/h5-6,8,10,12,18H,2-4,7,9,11H2,1H3. The first kappa shape index (κ1) is 14.7. The van der Waals surface area contributed by atoms with E-state index >= 15 is 0 Å². The molecule has 0 spiro atoms. The van der Waals surface area contributed by atoms with Crippen molar-refractivity contribution in [3.63, 3.8) is 0 Å². The van der Waals surface area contributed by atoms with E-state index in [1.807, 2.05) is 18.5 Å². The van der Waals surface area contributed by atoms with Crippen molar-refractivity contribution in [1.29, 1.82) is 0 Å². The minimum absolute atomic E-state index is 0.720. The molecule has 1 saturated heterocycles. The van der Waals surface area contributed by atoms with Crippen molar-refractivity contribution in [1.82, 2.24) is 15.3 Å². The molecule has 2 aromatic rings. The van der Waals surface area contributed by atoms with Crippen LogP contribution in [0, 0.1) is 5.92 Å². The molecule has 21 heavy (non-hydrogen) atoms. The third-order valence-electron chi connectivity index (χ3n) is 4.07. The first-order valence-corrected chi connectivity index (χ1v) is 8.43. The Balaban J connectivity index is 1.86. The van der Waals surface area contributed by atoms with Crippen LogP contribution in [-0.4, -0.2) is 36.1 Å². The molecule has 0 saturated carbocycles. The van der Waals surface area contributed by atoms with Crippen LogP contribution in [0.4, 0.5) is 5.69 Å². The average molecular weight is 349 g/mol. The number of nitrogens with one attached hydrogen (secondary N) is 1. The summed E-state index contributed by atoms with van der Waals surface area (Å²) in [6, 6.07) is 4.13. The predicted molar refractivity (Wildman–Crippen MR) is 90.7 cm³/mol. The molecular formula is C16H21BrN4. The van der Waals surface area contributed by atoms with E-state index in [4.69, 9.17) is 0 Å². The summed E-state index contributed by atoms with van der Waals surface area (Å²) in [4.78, 5) is 11.5. The van der Waals surface area contributed by atoms with Crippen molar-refractivity contribution in [2.75, 3.05) is 31.1 Å². The van der Waals surface area contributed by atoms with E-state index in [2.05, 4.69) is 49.1 Å². The second kappa shape index (κ2) is 6.71. The second-order valence-electron chi connectivity index (χ2n) is 5.61. The smallest absolute Gasteiger partial charge is 0.112 e. The first-order valence-electron chi connectivity index (χ1n) is 7.64. The predicted octanol–water partition coefficient (Wildman–Crippen LogP) is 3.22. The van der Waals surface area contributed by atoms with Gasteiger partial charge in [-0.1, -0.05) is 6.92 Å². The van der Waals surface area contributed by atoms with Gasteiger partial charge in [0, 0.05) is 30.0 Å². The van der Waals surface area contributed by atoms with E-state index in [0.717, 1.165) is 47.6 Å². The number of anilines is 1. The third-order valence-corrected chi connectivity index (χ3v) is 4.50. The molecule has 3 heterocycles. The lowest BCUT2D eigenvalue weighted by Crippen LogP contribution is -2.39. The lowest BCUT2D eigenvalue weighted by atomic mass is 9.97. The number of aromatic nitrogens is 2. The van der Waals surface area contributed by atoms with Gasteiger partial charge in [-0.05, 0) is 59.9 Å². The Morgan fingerprint density at radius 1 is 1.43 bits per heavy atom. The van der Waals surface area contributed by atoms with Crippen molar-refractivity contribution in [2.24, 2.45) is 5.92 Å². The van der Waals surface area contributed by atoms with Gasteiger partial charge in [-0.2, -0.15) is 0 Å². The van der Waals surface area contributed by atoms with Gasteiger partial charge in [0.2, 0.25) is 0 Å².